The number of amides is 3. The van der Waals surface area contributed by atoms with Crippen LogP contribution in [-0.2, 0) is 14.4 Å². The number of hydrogen-bond donors (Lipinski definition) is 1. The summed E-state index contributed by atoms with van der Waals surface area (Å²) in [6.45, 7) is 1.95. The van der Waals surface area contributed by atoms with Gasteiger partial charge in [-0.05, 0) is 55.5 Å². The zero-order chi connectivity index (χ0) is 23.2. The highest BCUT2D eigenvalue weighted by Gasteiger charge is 2.39. The number of imide groups is 1. The lowest BCUT2D eigenvalue weighted by molar-refractivity contribution is -0.121. The Morgan fingerprint density at radius 1 is 0.970 bits per heavy atom. The topological polar surface area (TPSA) is 75.7 Å². The van der Waals surface area contributed by atoms with Gasteiger partial charge in [-0.15, -0.1) is 11.8 Å². The summed E-state index contributed by atoms with van der Waals surface area (Å²) >= 11 is 1.35. The van der Waals surface area contributed by atoms with Crippen molar-refractivity contribution in [3.63, 3.8) is 0 Å². The van der Waals surface area contributed by atoms with Gasteiger partial charge in [0.15, 0.2) is 0 Å². The summed E-state index contributed by atoms with van der Waals surface area (Å²) in [6.07, 6.45) is 0.400. The number of nitrogens with one attached hydrogen (secondary N) is 1. The van der Waals surface area contributed by atoms with Crippen molar-refractivity contribution in [1.29, 1.82) is 0 Å². The summed E-state index contributed by atoms with van der Waals surface area (Å²) in [5.74, 6) is 1.30. The number of carbonyl (C=O) groups excluding carboxylic acids is 3. The standard InChI is InChI=1S/C26H24N2O4S/c1-18-7-11-20(12-8-18)28-25(30)17-23(26(28)31)33-16-15-24(29)27-19-9-13-22(14-10-19)32-21-5-3-2-4-6-21/h2-14,23H,15-17H2,1H3,(H,27,29)/t23-/m0/s1. The maximum absolute atomic E-state index is 12.7. The van der Waals surface area contributed by atoms with Gasteiger partial charge in [-0.3, -0.25) is 14.4 Å². The number of anilines is 2. The molecular formula is C26H24N2O4S. The van der Waals surface area contributed by atoms with Crippen LogP contribution in [0.1, 0.15) is 18.4 Å². The SMILES string of the molecule is Cc1ccc(N2C(=O)C[C@H](SCCC(=O)Nc3ccc(Oc4ccccc4)cc3)C2=O)cc1. The number of nitrogens with zero attached hydrogens (tertiary/aromatic N) is 1. The minimum atomic E-state index is -0.457. The van der Waals surface area contributed by atoms with E-state index in [2.05, 4.69) is 5.32 Å². The van der Waals surface area contributed by atoms with Gasteiger partial charge in [-0.1, -0.05) is 35.9 Å². The van der Waals surface area contributed by atoms with E-state index >= 15 is 0 Å². The summed E-state index contributed by atoms with van der Waals surface area (Å²) in [5.41, 5.74) is 2.33. The molecule has 6 nitrogen and oxygen atoms in total. The molecule has 3 aromatic carbocycles. The smallest absolute Gasteiger partial charge is 0.247 e. The molecule has 0 aromatic heterocycles. The van der Waals surface area contributed by atoms with Crippen LogP contribution in [0.15, 0.2) is 78.9 Å². The molecule has 1 saturated heterocycles. The fourth-order valence-electron chi connectivity index (χ4n) is 3.45. The zero-order valence-electron chi connectivity index (χ0n) is 18.2. The van der Waals surface area contributed by atoms with Crippen molar-refractivity contribution >= 4 is 40.9 Å². The van der Waals surface area contributed by atoms with Gasteiger partial charge in [0.1, 0.15) is 11.5 Å². The third-order valence-electron chi connectivity index (χ3n) is 5.16. The minimum Gasteiger partial charge on any atom is -0.457 e. The molecule has 1 N–H and O–H groups in total. The van der Waals surface area contributed by atoms with E-state index in [1.807, 2.05) is 49.4 Å². The molecular weight excluding hydrogens is 436 g/mol. The van der Waals surface area contributed by atoms with Gasteiger partial charge < -0.3 is 10.1 Å². The van der Waals surface area contributed by atoms with Crippen molar-refractivity contribution in [2.45, 2.75) is 25.0 Å². The molecule has 0 bridgehead atoms. The first-order valence-corrected chi connectivity index (χ1v) is 11.7. The number of benzene rings is 3. The Balaban J connectivity index is 1.23. The van der Waals surface area contributed by atoms with Crippen molar-refractivity contribution in [2.75, 3.05) is 16.0 Å². The molecule has 3 aromatic rings. The van der Waals surface area contributed by atoms with Crippen molar-refractivity contribution < 1.29 is 19.1 Å². The summed E-state index contributed by atoms with van der Waals surface area (Å²) in [4.78, 5) is 38.6. The van der Waals surface area contributed by atoms with Gasteiger partial charge in [-0.25, -0.2) is 4.90 Å². The predicted molar refractivity (Wildman–Crippen MR) is 131 cm³/mol. The van der Waals surface area contributed by atoms with Crippen LogP contribution in [0.2, 0.25) is 0 Å². The maximum Gasteiger partial charge on any atom is 0.247 e. The number of ether oxygens (including phenoxy) is 1. The van der Waals surface area contributed by atoms with Gasteiger partial charge in [0.2, 0.25) is 17.7 Å². The Labute approximate surface area is 196 Å². The van der Waals surface area contributed by atoms with Crippen LogP contribution < -0.4 is 15.0 Å². The number of para-hydroxylation sites is 1. The largest absolute Gasteiger partial charge is 0.457 e. The van der Waals surface area contributed by atoms with Gasteiger partial charge in [0, 0.05) is 24.3 Å². The highest BCUT2D eigenvalue weighted by molar-refractivity contribution is 8.00. The molecule has 0 aliphatic carbocycles. The Kier molecular flexibility index (Phi) is 7.10. The second kappa shape index (κ2) is 10.4. The monoisotopic (exact) mass is 460 g/mol. The lowest BCUT2D eigenvalue weighted by Gasteiger charge is -2.15. The fraction of sp³-hybridized carbons (Fsp3) is 0.192. The molecule has 0 spiro atoms. The molecule has 0 saturated carbocycles. The first-order chi connectivity index (χ1) is 16.0. The van der Waals surface area contributed by atoms with Gasteiger partial charge in [0.05, 0.1) is 10.9 Å². The van der Waals surface area contributed by atoms with Gasteiger partial charge in [-0.2, -0.15) is 0 Å². The molecule has 3 amide bonds. The normalized spacial score (nSPS) is 15.5. The Morgan fingerprint density at radius 2 is 1.64 bits per heavy atom. The highest BCUT2D eigenvalue weighted by Crippen LogP contribution is 2.30. The van der Waals surface area contributed by atoms with Crippen LogP contribution in [-0.4, -0.2) is 28.7 Å². The van der Waals surface area contributed by atoms with Crippen LogP contribution in [0, 0.1) is 6.92 Å². The van der Waals surface area contributed by atoms with E-state index in [0.717, 1.165) is 11.3 Å². The summed E-state index contributed by atoms with van der Waals surface area (Å²) < 4.78 is 5.75. The molecule has 1 aliphatic rings. The molecule has 1 atom stereocenters. The quantitative estimate of drug-likeness (QED) is 0.469. The maximum atomic E-state index is 12.7. The second-order valence-electron chi connectivity index (χ2n) is 7.70. The first-order valence-electron chi connectivity index (χ1n) is 10.7. The van der Waals surface area contributed by atoms with E-state index in [-0.39, 0.29) is 30.6 Å². The van der Waals surface area contributed by atoms with Crippen LogP contribution in [0.25, 0.3) is 0 Å². The van der Waals surface area contributed by atoms with Crippen LogP contribution in [0.3, 0.4) is 0 Å². The van der Waals surface area contributed by atoms with E-state index in [4.69, 9.17) is 4.74 Å². The number of aryl methyl sites for hydroxylation is 1. The van der Waals surface area contributed by atoms with Gasteiger partial charge >= 0.3 is 0 Å². The van der Waals surface area contributed by atoms with E-state index in [0.29, 0.717) is 22.9 Å². The third kappa shape index (κ3) is 5.81. The second-order valence-corrected chi connectivity index (χ2v) is 9.01. The average Bonchev–Trinajstić information content (AvgIpc) is 3.09. The number of thioether (sulfide) groups is 1. The van der Waals surface area contributed by atoms with Crippen molar-refractivity contribution in [3.05, 3.63) is 84.4 Å². The van der Waals surface area contributed by atoms with Crippen molar-refractivity contribution in [2.24, 2.45) is 0 Å². The van der Waals surface area contributed by atoms with Crippen LogP contribution >= 0.6 is 11.8 Å². The molecule has 1 aliphatic heterocycles. The first kappa shape index (κ1) is 22.6. The Bertz CT molecular complexity index is 1130. The third-order valence-corrected chi connectivity index (χ3v) is 6.37. The summed E-state index contributed by atoms with van der Waals surface area (Å²) in [7, 11) is 0. The summed E-state index contributed by atoms with van der Waals surface area (Å²) in [6, 6.07) is 23.9. The molecule has 0 radical (unpaired) electrons. The van der Waals surface area contributed by atoms with Crippen molar-refractivity contribution in [3.8, 4) is 11.5 Å². The Morgan fingerprint density at radius 3 is 2.33 bits per heavy atom. The van der Waals surface area contributed by atoms with E-state index in [9.17, 15) is 14.4 Å². The average molecular weight is 461 g/mol. The number of hydrogen-bond acceptors (Lipinski definition) is 5. The molecule has 7 heteroatoms. The van der Waals surface area contributed by atoms with E-state index in [1.54, 1.807) is 36.4 Å². The van der Waals surface area contributed by atoms with Gasteiger partial charge in [0.25, 0.3) is 0 Å². The zero-order valence-corrected chi connectivity index (χ0v) is 19.0. The number of rotatable bonds is 8. The number of carbonyl (C=O) groups is 3. The van der Waals surface area contributed by atoms with Crippen LogP contribution in [0.5, 0.6) is 11.5 Å². The predicted octanol–water partition coefficient (Wildman–Crippen LogP) is 5.18. The molecule has 1 heterocycles. The van der Waals surface area contributed by atoms with E-state index < -0.39 is 5.25 Å². The molecule has 1 fully saturated rings. The lowest BCUT2D eigenvalue weighted by Crippen LogP contribution is -2.31. The fourth-order valence-corrected chi connectivity index (χ4v) is 4.54. The lowest BCUT2D eigenvalue weighted by atomic mass is 10.2. The molecule has 0 unspecified atom stereocenters. The Hall–Kier alpha value is -3.58. The molecule has 168 valence electrons. The van der Waals surface area contributed by atoms with E-state index in [1.165, 1.54) is 16.7 Å². The molecule has 4 rings (SSSR count). The molecule has 33 heavy (non-hydrogen) atoms. The van der Waals surface area contributed by atoms with Crippen LogP contribution in [0.4, 0.5) is 11.4 Å². The van der Waals surface area contributed by atoms with Crippen molar-refractivity contribution in [1.82, 2.24) is 0 Å². The highest BCUT2D eigenvalue weighted by atomic mass is 32.2. The summed E-state index contributed by atoms with van der Waals surface area (Å²) in [5, 5.41) is 2.39. The minimum absolute atomic E-state index is 0.147.